The molecule has 20 heavy (non-hydrogen) atoms. The number of carbonyl (C=O) groups is 1. The van der Waals surface area contributed by atoms with Crippen molar-refractivity contribution in [3.63, 3.8) is 0 Å². The third kappa shape index (κ3) is 2.81. The summed E-state index contributed by atoms with van der Waals surface area (Å²) in [5, 5.41) is 0. The van der Waals surface area contributed by atoms with Crippen molar-refractivity contribution in [2.75, 3.05) is 6.61 Å². The summed E-state index contributed by atoms with van der Waals surface area (Å²) in [7, 11) is 0. The molecule has 2 nitrogen and oxygen atoms in total. The summed E-state index contributed by atoms with van der Waals surface area (Å²) in [4.78, 5) is 11.8. The number of ether oxygens (including phenoxy) is 1. The quantitative estimate of drug-likeness (QED) is 0.845. The molecule has 0 aromatic heterocycles. The Labute approximate surface area is 119 Å². The van der Waals surface area contributed by atoms with Gasteiger partial charge in [0.15, 0.2) is 5.78 Å². The molecule has 0 saturated carbocycles. The van der Waals surface area contributed by atoms with E-state index in [-0.39, 0.29) is 12.4 Å². The van der Waals surface area contributed by atoms with Crippen molar-refractivity contribution in [3.05, 3.63) is 70.8 Å². The molecule has 0 spiro atoms. The second-order valence-electron chi connectivity index (χ2n) is 5.20. The van der Waals surface area contributed by atoms with Crippen LogP contribution in [0.15, 0.2) is 48.5 Å². The van der Waals surface area contributed by atoms with Gasteiger partial charge < -0.3 is 4.74 Å². The van der Waals surface area contributed by atoms with Crippen LogP contribution in [0.5, 0.6) is 0 Å². The van der Waals surface area contributed by atoms with E-state index < -0.39 is 0 Å². The molecule has 2 aromatic rings. The summed E-state index contributed by atoms with van der Waals surface area (Å²) >= 11 is 0. The highest BCUT2D eigenvalue weighted by Crippen LogP contribution is 2.22. The lowest BCUT2D eigenvalue weighted by Crippen LogP contribution is -2.19. The predicted molar refractivity (Wildman–Crippen MR) is 78.9 cm³/mol. The molecule has 1 aliphatic heterocycles. The van der Waals surface area contributed by atoms with E-state index in [1.807, 2.05) is 18.2 Å². The maximum absolute atomic E-state index is 11.8. The molecule has 0 amide bonds. The predicted octanol–water partition coefficient (Wildman–Crippen LogP) is 3.57. The van der Waals surface area contributed by atoms with Crippen LogP contribution in [0.2, 0.25) is 0 Å². The van der Waals surface area contributed by atoms with E-state index in [2.05, 4.69) is 30.3 Å². The lowest BCUT2D eigenvalue weighted by Gasteiger charge is -2.18. The van der Waals surface area contributed by atoms with Gasteiger partial charge in [-0.25, -0.2) is 0 Å². The lowest BCUT2D eigenvalue weighted by molar-refractivity contribution is 0.0663. The van der Waals surface area contributed by atoms with Gasteiger partial charge in [-0.05, 0) is 36.0 Å². The van der Waals surface area contributed by atoms with Gasteiger partial charge in [0.25, 0.3) is 0 Å². The average Bonchev–Trinajstić information content (AvgIpc) is 2.49. The zero-order valence-corrected chi connectivity index (χ0v) is 11.5. The van der Waals surface area contributed by atoms with E-state index in [4.69, 9.17) is 4.74 Å². The fraction of sp³-hybridized carbons (Fsp3) is 0.278. The Morgan fingerprint density at radius 3 is 2.60 bits per heavy atom. The SMILES string of the molecule is O=C1COCc2c(CCCc3ccccc3)cccc21. The minimum absolute atomic E-state index is 0.108. The molecule has 1 aliphatic rings. The largest absolute Gasteiger partial charge is 0.369 e. The highest BCUT2D eigenvalue weighted by Gasteiger charge is 2.19. The maximum Gasteiger partial charge on any atom is 0.188 e. The first-order valence-corrected chi connectivity index (χ1v) is 7.10. The number of Topliss-reactive ketones (excluding diaryl/α,β-unsaturated/α-hetero) is 1. The van der Waals surface area contributed by atoms with E-state index in [0.717, 1.165) is 30.4 Å². The Hall–Kier alpha value is -1.93. The Balaban J connectivity index is 1.69. The molecule has 0 N–H and O–H groups in total. The third-order valence-electron chi connectivity index (χ3n) is 3.81. The number of fused-ring (bicyclic) bond motifs is 1. The Kier molecular flexibility index (Phi) is 3.93. The zero-order chi connectivity index (χ0) is 13.8. The van der Waals surface area contributed by atoms with Gasteiger partial charge >= 0.3 is 0 Å². The van der Waals surface area contributed by atoms with Crippen LogP contribution in [0, 0.1) is 0 Å². The number of ketones is 1. The van der Waals surface area contributed by atoms with E-state index in [0.29, 0.717) is 6.61 Å². The molecule has 2 heteroatoms. The fourth-order valence-electron chi connectivity index (χ4n) is 2.75. The number of carbonyl (C=O) groups excluding carboxylic acids is 1. The number of aryl methyl sites for hydroxylation is 2. The van der Waals surface area contributed by atoms with Gasteiger partial charge in [-0.15, -0.1) is 0 Å². The van der Waals surface area contributed by atoms with Crippen LogP contribution < -0.4 is 0 Å². The number of rotatable bonds is 4. The third-order valence-corrected chi connectivity index (χ3v) is 3.81. The van der Waals surface area contributed by atoms with Crippen LogP contribution in [0.25, 0.3) is 0 Å². The smallest absolute Gasteiger partial charge is 0.188 e. The number of benzene rings is 2. The molecule has 3 rings (SSSR count). The fourth-order valence-corrected chi connectivity index (χ4v) is 2.75. The van der Waals surface area contributed by atoms with Crippen molar-refractivity contribution in [1.82, 2.24) is 0 Å². The van der Waals surface area contributed by atoms with Crippen LogP contribution in [0.4, 0.5) is 0 Å². The van der Waals surface area contributed by atoms with Crippen molar-refractivity contribution >= 4 is 5.78 Å². The van der Waals surface area contributed by atoms with Gasteiger partial charge in [-0.1, -0.05) is 48.5 Å². The van der Waals surface area contributed by atoms with E-state index in [1.54, 1.807) is 0 Å². The van der Waals surface area contributed by atoms with Crippen LogP contribution >= 0.6 is 0 Å². The van der Waals surface area contributed by atoms with Crippen LogP contribution in [-0.4, -0.2) is 12.4 Å². The molecule has 0 atom stereocenters. The normalized spacial score (nSPS) is 14.1. The van der Waals surface area contributed by atoms with Crippen molar-refractivity contribution in [1.29, 1.82) is 0 Å². The van der Waals surface area contributed by atoms with Gasteiger partial charge in [0.1, 0.15) is 6.61 Å². The van der Waals surface area contributed by atoms with E-state index in [1.165, 1.54) is 11.1 Å². The van der Waals surface area contributed by atoms with Gasteiger partial charge in [0, 0.05) is 5.56 Å². The number of hydrogen-bond donors (Lipinski definition) is 0. The zero-order valence-electron chi connectivity index (χ0n) is 11.5. The number of hydrogen-bond acceptors (Lipinski definition) is 2. The minimum Gasteiger partial charge on any atom is -0.369 e. The molecule has 0 aliphatic carbocycles. The topological polar surface area (TPSA) is 26.3 Å². The van der Waals surface area contributed by atoms with Crippen molar-refractivity contribution in [2.45, 2.75) is 25.9 Å². The van der Waals surface area contributed by atoms with Crippen molar-refractivity contribution < 1.29 is 9.53 Å². The molecular weight excluding hydrogens is 248 g/mol. The molecule has 0 unspecified atom stereocenters. The molecule has 0 radical (unpaired) electrons. The molecule has 1 heterocycles. The molecule has 102 valence electrons. The second-order valence-corrected chi connectivity index (χ2v) is 5.20. The molecular formula is C18H18O2. The molecule has 0 fully saturated rings. The summed E-state index contributed by atoms with van der Waals surface area (Å²) in [5.74, 6) is 0.108. The van der Waals surface area contributed by atoms with E-state index >= 15 is 0 Å². The Morgan fingerprint density at radius 2 is 1.75 bits per heavy atom. The van der Waals surface area contributed by atoms with Crippen LogP contribution in [-0.2, 0) is 24.2 Å². The average molecular weight is 266 g/mol. The summed E-state index contributed by atoms with van der Waals surface area (Å²) in [5.41, 5.74) is 4.57. The summed E-state index contributed by atoms with van der Waals surface area (Å²) in [6, 6.07) is 16.5. The van der Waals surface area contributed by atoms with Gasteiger partial charge in [0.05, 0.1) is 6.61 Å². The highest BCUT2D eigenvalue weighted by molar-refractivity contribution is 5.99. The minimum atomic E-state index is 0.108. The van der Waals surface area contributed by atoms with Gasteiger partial charge in [0.2, 0.25) is 0 Å². The molecule has 2 aromatic carbocycles. The van der Waals surface area contributed by atoms with Crippen molar-refractivity contribution in [3.8, 4) is 0 Å². The Bertz CT molecular complexity index is 602. The Morgan fingerprint density at radius 1 is 0.900 bits per heavy atom. The monoisotopic (exact) mass is 266 g/mol. The lowest BCUT2D eigenvalue weighted by atomic mass is 9.93. The maximum atomic E-state index is 11.8. The summed E-state index contributed by atoms with van der Waals surface area (Å²) < 4.78 is 5.36. The van der Waals surface area contributed by atoms with Crippen molar-refractivity contribution in [2.24, 2.45) is 0 Å². The summed E-state index contributed by atoms with van der Waals surface area (Å²) in [6.07, 6.45) is 3.16. The summed E-state index contributed by atoms with van der Waals surface area (Å²) in [6.45, 7) is 0.795. The van der Waals surface area contributed by atoms with Crippen LogP contribution in [0.3, 0.4) is 0 Å². The first kappa shape index (κ1) is 13.1. The van der Waals surface area contributed by atoms with Crippen LogP contribution in [0.1, 0.15) is 33.5 Å². The first-order chi connectivity index (χ1) is 9.84. The highest BCUT2D eigenvalue weighted by atomic mass is 16.5. The molecule has 0 bridgehead atoms. The molecule has 0 saturated heterocycles. The standard InChI is InChI=1S/C18H18O2/c19-18-13-20-12-17-15(10-5-11-16(17)18)9-4-8-14-6-2-1-3-7-14/h1-3,5-7,10-11H,4,8-9,12-13H2. The van der Waals surface area contributed by atoms with Gasteiger partial charge in [-0.3, -0.25) is 4.79 Å². The van der Waals surface area contributed by atoms with Gasteiger partial charge in [-0.2, -0.15) is 0 Å². The first-order valence-electron chi connectivity index (χ1n) is 7.10. The second kappa shape index (κ2) is 6.02. The van der Waals surface area contributed by atoms with E-state index in [9.17, 15) is 4.79 Å².